The van der Waals surface area contributed by atoms with Gasteiger partial charge in [0.15, 0.2) is 0 Å². The average Bonchev–Trinajstić information content (AvgIpc) is 2.94. The van der Waals surface area contributed by atoms with E-state index in [9.17, 15) is 9.90 Å². The Kier molecular flexibility index (Phi) is 3.41. The minimum Gasteiger partial charge on any atom is -0.477 e. The molecule has 4 nitrogen and oxygen atoms in total. The first kappa shape index (κ1) is 13.3. The van der Waals surface area contributed by atoms with Crippen LogP contribution in [0, 0.1) is 0 Å². The molecule has 0 fully saturated rings. The number of aromatic carboxylic acids is 1. The third-order valence-corrected chi connectivity index (χ3v) is 4.12. The fourth-order valence-corrected chi connectivity index (χ4v) is 2.94. The van der Waals surface area contributed by atoms with Crippen molar-refractivity contribution in [3.63, 3.8) is 0 Å². The molecule has 1 heterocycles. The fourth-order valence-electron chi connectivity index (χ4n) is 2.01. The monoisotopic (exact) mass is 296 g/mol. The Balaban J connectivity index is 2.13. The number of benzene rings is 2. The summed E-state index contributed by atoms with van der Waals surface area (Å²) in [5.74, 6) is -0.965. The van der Waals surface area contributed by atoms with Gasteiger partial charge < -0.3 is 10.8 Å². The van der Waals surface area contributed by atoms with Crippen LogP contribution in [-0.2, 0) is 0 Å². The summed E-state index contributed by atoms with van der Waals surface area (Å²) < 4.78 is 0. The van der Waals surface area contributed by atoms with Gasteiger partial charge in [0.05, 0.1) is 5.69 Å². The van der Waals surface area contributed by atoms with E-state index in [1.54, 1.807) is 12.1 Å². The lowest BCUT2D eigenvalue weighted by Gasteiger charge is -1.98. The lowest BCUT2D eigenvalue weighted by molar-refractivity contribution is 0.0702. The molecule has 0 bridgehead atoms. The Morgan fingerprint density at radius 1 is 1.00 bits per heavy atom. The Morgan fingerprint density at radius 2 is 1.67 bits per heavy atom. The molecule has 0 aliphatic carbocycles. The third-order valence-electron chi connectivity index (χ3n) is 3.03. The lowest BCUT2D eigenvalue weighted by atomic mass is 10.1. The van der Waals surface area contributed by atoms with Gasteiger partial charge in [0.2, 0.25) is 0 Å². The van der Waals surface area contributed by atoms with Crippen molar-refractivity contribution in [2.45, 2.75) is 0 Å². The van der Waals surface area contributed by atoms with Crippen molar-refractivity contribution in [1.29, 1.82) is 0 Å². The SMILES string of the molecule is Nc1ccc(-c2nc(-c3ccccc3)c(C(=O)O)s2)cc1. The van der Waals surface area contributed by atoms with E-state index < -0.39 is 5.97 Å². The number of carbonyl (C=O) groups is 1. The van der Waals surface area contributed by atoms with E-state index in [-0.39, 0.29) is 4.88 Å². The predicted octanol–water partition coefficient (Wildman–Crippen LogP) is 3.76. The highest BCUT2D eigenvalue weighted by Gasteiger charge is 2.19. The first-order valence-corrected chi connectivity index (χ1v) is 7.12. The van der Waals surface area contributed by atoms with Crippen molar-refractivity contribution in [3.05, 3.63) is 59.5 Å². The molecule has 3 rings (SSSR count). The maximum Gasteiger partial charge on any atom is 0.348 e. The smallest absolute Gasteiger partial charge is 0.348 e. The number of anilines is 1. The number of aromatic nitrogens is 1. The van der Waals surface area contributed by atoms with Crippen LogP contribution in [0.2, 0.25) is 0 Å². The molecule has 0 unspecified atom stereocenters. The second kappa shape index (κ2) is 5.38. The average molecular weight is 296 g/mol. The Morgan fingerprint density at radius 3 is 2.29 bits per heavy atom. The van der Waals surface area contributed by atoms with Crippen LogP contribution in [0.5, 0.6) is 0 Å². The standard InChI is InChI=1S/C16H12N2O2S/c17-12-8-6-11(7-9-12)15-18-13(14(21-15)16(19)20)10-4-2-1-3-5-10/h1-9H,17H2,(H,19,20). The molecule has 0 aliphatic heterocycles. The molecule has 5 heteroatoms. The molecule has 0 aliphatic rings. The molecule has 3 N–H and O–H groups in total. The van der Waals surface area contributed by atoms with Crippen LogP contribution in [0.1, 0.15) is 9.67 Å². The summed E-state index contributed by atoms with van der Waals surface area (Å²) >= 11 is 1.17. The second-order valence-electron chi connectivity index (χ2n) is 4.49. The normalized spacial score (nSPS) is 10.5. The molecular weight excluding hydrogens is 284 g/mol. The fraction of sp³-hybridized carbons (Fsp3) is 0. The molecule has 3 aromatic rings. The van der Waals surface area contributed by atoms with Gasteiger partial charge in [-0.25, -0.2) is 9.78 Å². The molecule has 0 saturated heterocycles. The number of carboxylic acids is 1. The Hall–Kier alpha value is -2.66. The maximum atomic E-state index is 11.4. The van der Waals surface area contributed by atoms with Crippen molar-refractivity contribution in [1.82, 2.24) is 4.98 Å². The number of rotatable bonds is 3. The van der Waals surface area contributed by atoms with Gasteiger partial charge in [0.1, 0.15) is 9.88 Å². The maximum absolute atomic E-state index is 11.4. The first-order valence-electron chi connectivity index (χ1n) is 6.30. The summed E-state index contributed by atoms with van der Waals surface area (Å²) in [6.07, 6.45) is 0. The van der Waals surface area contributed by atoms with E-state index in [2.05, 4.69) is 4.98 Å². The Bertz CT molecular complexity index is 780. The highest BCUT2D eigenvalue weighted by Crippen LogP contribution is 2.34. The van der Waals surface area contributed by atoms with Gasteiger partial charge in [-0.2, -0.15) is 0 Å². The lowest BCUT2D eigenvalue weighted by Crippen LogP contribution is -1.95. The summed E-state index contributed by atoms with van der Waals surface area (Å²) in [6, 6.07) is 16.6. The van der Waals surface area contributed by atoms with E-state index in [0.717, 1.165) is 11.1 Å². The molecule has 0 amide bonds. The number of nitrogen functional groups attached to an aromatic ring is 1. The second-order valence-corrected chi connectivity index (χ2v) is 5.49. The van der Waals surface area contributed by atoms with Crippen LogP contribution in [0.15, 0.2) is 54.6 Å². The van der Waals surface area contributed by atoms with E-state index in [4.69, 9.17) is 5.73 Å². The molecule has 0 spiro atoms. The number of hydrogen-bond acceptors (Lipinski definition) is 4. The zero-order valence-electron chi connectivity index (χ0n) is 11.0. The largest absolute Gasteiger partial charge is 0.477 e. The van der Waals surface area contributed by atoms with Crippen molar-refractivity contribution >= 4 is 23.0 Å². The molecule has 0 saturated carbocycles. The van der Waals surface area contributed by atoms with Gasteiger partial charge >= 0.3 is 5.97 Å². The Labute approximate surface area is 125 Å². The number of nitrogens with two attached hydrogens (primary N) is 1. The van der Waals surface area contributed by atoms with Crippen LogP contribution in [0.4, 0.5) is 5.69 Å². The van der Waals surface area contributed by atoms with E-state index in [0.29, 0.717) is 16.4 Å². The zero-order valence-corrected chi connectivity index (χ0v) is 11.8. The van der Waals surface area contributed by atoms with Gasteiger partial charge in [-0.15, -0.1) is 11.3 Å². The third kappa shape index (κ3) is 2.64. The van der Waals surface area contributed by atoms with Crippen LogP contribution in [0.25, 0.3) is 21.8 Å². The van der Waals surface area contributed by atoms with Crippen molar-refractivity contribution < 1.29 is 9.90 Å². The van der Waals surface area contributed by atoms with Gasteiger partial charge in [0.25, 0.3) is 0 Å². The molecule has 1 aromatic heterocycles. The van der Waals surface area contributed by atoms with Gasteiger partial charge in [-0.3, -0.25) is 0 Å². The van der Waals surface area contributed by atoms with Crippen molar-refractivity contribution in [2.75, 3.05) is 5.73 Å². The predicted molar refractivity (Wildman–Crippen MR) is 84.4 cm³/mol. The summed E-state index contributed by atoms with van der Waals surface area (Å²) in [5.41, 5.74) is 8.49. The van der Waals surface area contributed by atoms with Crippen LogP contribution >= 0.6 is 11.3 Å². The quantitative estimate of drug-likeness (QED) is 0.721. The van der Waals surface area contributed by atoms with Gasteiger partial charge in [-0.1, -0.05) is 30.3 Å². The van der Waals surface area contributed by atoms with E-state index >= 15 is 0 Å². The van der Waals surface area contributed by atoms with Crippen molar-refractivity contribution in [3.8, 4) is 21.8 Å². The minimum absolute atomic E-state index is 0.244. The molecule has 21 heavy (non-hydrogen) atoms. The topological polar surface area (TPSA) is 76.2 Å². The highest BCUT2D eigenvalue weighted by molar-refractivity contribution is 7.17. The highest BCUT2D eigenvalue weighted by atomic mass is 32.1. The molecule has 2 aromatic carbocycles. The summed E-state index contributed by atoms with van der Waals surface area (Å²) in [7, 11) is 0. The number of thiazole rings is 1. The summed E-state index contributed by atoms with van der Waals surface area (Å²) in [5, 5.41) is 10.1. The zero-order chi connectivity index (χ0) is 14.8. The molecular formula is C16H12N2O2S. The van der Waals surface area contributed by atoms with Gasteiger partial charge in [0, 0.05) is 16.8 Å². The molecule has 0 atom stereocenters. The van der Waals surface area contributed by atoms with Crippen molar-refractivity contribution in [2.24, 2.45) is 0 Å². The number of carboxylic acid groups (broad SMARTS) is 1. The summed E-state index contributed by atoms with van der Waals surface area (Å²) in [6.45, 7) is 0. The van der Waals surface area contributed by atoms with E-state index in [1.807, 2.05) is 42.5 Å². The van der Waals surface area contributed by atoms with Crippen LogP contribution in [0.3, 0.4) is 0 Å². The molecule has 0 radical (unpaired) electrons. The summed E-state index contributed by atoms with van der Waals surface area (Å²) in [4.78, 5) is 16.2. The van der Waals surface area contributed by atoms with Gasteiger partial charge in [-0.05, 0) is 24.3 Å². The first-order chi connectivity index (χ1) is 10.1. The van der Waals surface area contributed by atoms with Crippen LogP contribution in [-0.4, -0.2) is 16.1 Å². The van der Waals surface area contributed by atoms with Crippen LogP contribution < -0.4 is 5.73 Å². The number of nitrogens with zero attached hydrogens (tertiary/aromatic N) is 1. The van der Waals surface area contributed by atoms with E-state index in [1.165, 1.54) is 11.3 Å². The molecule has 104 valence electrons. The minimum atomic E-state index is -0.965. The number of hydrogen-bond donors (Lipinski definition) is 2.